The van der Waals surface area contributed by atoms with Crippen molar-refractivity contribution >= 4 is 29.2 Å². The number of Topliss-reactive ketones (excluding diaryl/α,β-unsaturated/α-hetero) is 1. The number of hydrogen-bond donors (Lipinski definition) is 1. The van der Waals surface area contributed by atoms with Crippen LogP contribution in [0.1, 0.15) is 33.6 Å². The highest BCUT2D eigenvalue weighted by atomic mass is 16.6. The Morgan fingerprint density at radius 2 is 1.91 bits per heavy atom. The number of non-ortho nitro benzene ring substituents is 1. The second-order valence-corrected chi connectivity index (χ2v) is 5.86. The van der Waals surface area contributed by atoms with Crippen molar-refractivity contribution in [1.29, 1.82) is 0 Å². The predicted molar refractivity (Wildman–Crippen MR) is 83.9 cm³/mol. The molecule has 0 radical (unpaired) electrons. The lowest BCUT2D eigenvalue weighted by Crippen LogP contribution is -2.21. The molecule has 0 aromatic heterocycles. The van der Waals surface area contributed by atoms with Crippen molar-refractivity contribution in [2.45, 2.75) is 33.6 Å². The highest BCUT2D eigenvalue weighted by molar-refractivity contribution is 6.28. The monoisotopic (exact) mass is 305 g/mol. The Kier molecular flexibility index (Phi) is 5.91. The van der Waals surface area contributed by atoms with Gasteiger partial charge in [-0.15, -0.1) is 0 Å². The van der Waals surface area contributed by atoms with Gasteiger partial charge in [0.25, 0.3) is 5.69 Å². The highest BCUT2D eigenvalue weighted by Crippen LogP contribution is 2.25. The molecule has 0 saturated heterocycles. The average Bonchev–Trinajstić information content (AvgIpc) is 2.42. The summed E-state index contributed by atoms with van der Waals surface area (Å²) in [5.74, 6) is 0.0542. The van der Waals surface area contributed by atoms with Gasteiger partial charge < -0.3 is 4.79 Å². The van der Waals surface area contributed by atoms with Gasteiger partial charge >= 0.3 is 0 Å². The minimum Gasteiger partial charge on any atom is -0.300 e. The number of nitro benzene ring substituents is 1. The number of anilines is 1. The number of aldehydes is 1. The van der Waals surface area contributed by atoms with Crippen LogP contribution < -0.4 is 5.43 Å². The van der Waals surface area contributed by atoms with Crippen molar-refractivity contribution in [2.75, 3.05) is 5.43 Å². The van der Waals surface area contributed by atoms with Crippen LogP contribution in [0.15, 0.2) is 29.4 Å². The fourth-order valence-corrected chi connectivity index (χ4v) is 2.13. The van der Waals surface area contributed by atoms with Crippen molar-refractivity contribution in [3.8, 4) is 0 Å². The molecule has 22 heavy (non-hydrogen) atoms. The third-order valence-electron chi connectivity index (χ3n) is 2.93. The molecule has 1 aromatic carbocycles. The fourth-order valence-electron chi connectivity index (χ4n) is 2.13. The molecule has 7 heteroatoms. The summed E-state index contributed by atoms with van der Waals surface area (Å²) in [4.78, 5) is 32.3. The quantitative estimate of drug-likeness (QED) is 0.344. The van der Waals surface area contributed by atoms with Crippen molar-refractivity contribution in [1.82, 2.24) is 0 Å². The first kappa shape index (κ1) is 17.5. The fraction of sp³-hybridized carbons (Fsp3) is 0.400. The second-order valence-electron chi connectivity index (χ2n) is 5.86. The van der Waals surface area contributed by atoms with Gasteiger partial charge in [0.1, 0.15) is 11.5 Å². The maximum absolute atomic E-state index is 11.2. The van der Waals surface area contributed by atoms with Gasteiger partial charge in [0.2, 0.25) is 0 Å². The first-order valence-electron chi connectivity index (χ1n) is 6.75. The molecule has 0 unspecified atom stereocenters. The summed E-state index contributed by atoms with van der Waals surface area (Å²) in [6.07, 6.45) is 1.35. The van der Waals surface area contributed by atoms with E-state index in [9.17, 15) is 19.7 Å². The topological polar surface area (TPSA) is 102 Å². The van der Waals surface area contributed by atoms with Crippen LogP contribution in [0.5, 0.6) is 0 Å². The Morgan fingerprint density at radius 1 is 1.32 bits per heavy atom. The molecule has 0 fully saturated rings. The SMILES string of the molecule is CC(=O)CC(C)(C)CC(C=O)=NNc1ccc([N+](=O)[O-])cc1. The maximum Gasteiger partial charge on any atom is 0.269 e. The molecule has 118 valence electrons. The lowest BCUT2D eigenvalue weighted by molar-refractivity contribution is -0.384. The smallest absolute Gasteiger partial charge is 0.269 e. The molecule has 0 saturated carbocycles. The number of carbonyl (C=O) groups is 2. The zero-order valence-electron chi connectivity index (χ0n) is 12.8. The summed E-state index contributed by atoms with van der Waals surface area (Å²) >= 11 is 0. The van der Waals surface area contributed by atoms with E-state index in [4.69, 9.17) is 0 Å². The Hall–Kier alpha value is -2.57. The minimum atomic E-state index is -0.492. The largest absolute Gasteiger partial charge is 0.300 e. The summed E-state index contributed by atoms with van der Waals surface area (Å²) in [7, 11) is 0. The molecule has 0 bridgehead atoms. The van der Waals surface area contributed by atoms with Gasteiger partial charge in [0, 0.05) is 25.0 Å². The third-order valence-corrected chi connectivity index (χ3v) is 2.93. The molecule has 0 aliphatic carbocycles. The van der Waals surface area contributed by atoms with E-state index in [0.29, 0.717) is 24.8 Å². The van der Waals surface area contributed by atoms with E-state index in [2.05, 4.69) is 10.5 Å². The summed E-state index contributed by atoms with van der Waals surface area (Å²) in [5, 5.41) is 14.6. The van der Waals surface area contributed by atoms with Crippen LogP contribution >= 0.6 is 0 Å². The van der Waals surface area contributed by atoms with Crippen molar-refractivity contribution < 1.29 is 14.5 Å². The van der Waals surface area contributed by atoms with Crippen LogP contribution in [0.2, 0.25) is 0 Å². The number of benzene rings is 1. The number of nitro groups is 1. The van der Waals surface area contributed by atoms with E-state index in [-0.39, 0.29) is 22.6 Å². The van der Waals surface area contributed by atoms with Gasteiger partial charge in [-0.1, -0.05) is 13.8 Å². The van der Waals surface area contributed by atoms with Crippen LogP contribution in [0, 0.1) is 15.5 Å². The Labute approximate surface area is 128 Å². The number of rotatable bonds is 8. The number of nitrogens with one attached hydrogen (secondary N) is 1. The lowest BCUT2D eigenvalue weighted by atomic mass is 9.82. The number of hydrogen-bond acceptors (Lipinski definition) is 6. The zero-order chi connectivity index (χ0) is 16.8. The van der Waals surface area contributed by atoms with Crippen molar-refractivity contribution in [3.63, 3.8) is 0 Å². The third kappa shape index (κ3) is 5.82. The Morgan fingerprint density at radius 3 is 2.36 bits per heavy atom. The maximum atomic E-state index is 11.2. The molecule has 0 aliphatic heterocycles. The standard InChI is InChI=1S/C15H19N3O4/c1-11(20)8-15(2,3)9-13(10-19)17-16-12-4-6-14(7-5-12)18(21)22/h4-7,10,16H,8-9H2,1-3H3. The number of hydrazone groups is 1. The van der Waals surface area contributed by atoms with Crippen LogP contribution in [0.3, 0.4) is 0 Å². The van der Waals surface area contributed by atoms with Crippen LogP contribution in [0.25, 0.3) is 0 Å². The van der Waals surface area contributed by atoms with Crippen LogP contribution in [-0.4, -0.2) is 22.7 Å². The number of nitrogens with zero attached hydrogens (tertiary/aromatic N) is 2. The molecule has 0 spiro atoms. The molecule has 0 aliphatic rings. The first-order valence-corrected chi connectivity index (χ1v) is 6.75. The summed E-state index contributed by atoms with van der Waals surface area (Å²) in [5.41, 5.74) is 3.13. The van der Waals surface area contributed by atoms with E-state index >= 15 is 0 Å². The number of carbonyl (C=O) groups excluding carboxylic acids is 2. The molecule has 0 atom stereocenters. The van der Waals surface area contributed by atoms with Gasteiger partial charge in [-0.2, -0.15) is 5.10 Å². The summed E-state index contributed by atoms with van der Waals surface area (Å²) in [6, 6.07) is 5.70. The van der Waals surface area contributed by atoms with Gasteiger partial charge in [0.15, 0.2) is 6.29 Å². The Balaban J connectivity index is 2.74. The molecule has 1 N–H and O–H groups in total. The predicted octanol–water partition coefficient (Wildman–Crippen LogP) is 2.96. The molecular formula is C15H19N3O4. The first-order chi connectivity index (χ1) is 10.2. The van der Waals surface area contributed by atoms with E-state index in [1.54, 1.807) is 0 Å². The van der Waals surface area contributed by atoms with E-state index in [1.165, 1.54) is 31.2 Å². The van der Waals surface area contributed by atoms with Gasteiger partial charge in [-0.25, -0.2) is 0 Å². The molecule has 1 aromatic rings. The zero-order valence-corrected chi connectivity index (χ0v) is 12.8. The van der Waals surface area contributed by atoms with Crippen LogP contribution in [0.4, 0.5) is 11.4 Å². The minimum absolute atomic E-state index is 0.0206. The normalized spacial score (nSPS) is 11.9. The van der Waals surface area contributed by atoms with Gasteiger partial charge in [-0.3, -0.25) is 20.3 Å². The molecule has 7 nitrogen and oxygen atoms in total. The van der Waals surface area contributed by atoms with Gasteiger partial charge in [-0.05, 0) is 24.5 Å². The number of ketones is 1. The van der Waals surface area contributed by atoms with Crippen LogP contribution in [-0.2, 0) is 9.59 Å². The molecule has 1 rings (SSSR count). The molecule has 0 heterocycles. The van der Waals surface area contributed by atoms with E-state index in [1.807, 2.05) is 13.8 Å². The summed E-state index contributed by atoms with van der Waals surface area (Å²) < 4.78 is 0. The Bertz CT molecular complexity index is 591. The highest BCUT2D eigenvalue weighted by Gasteiger charge is 2.22. The average molecular weight is 305 g/mol. The van der Waals surface area contributed by atoms with E-state index < -0.39 is 4.92 Å². The van der Waals surface area contributed by atoms with E-state index in [0.717, 1.165) is 0 Å². The van der Waals surface area contributed by atoms with Crippen molar-refractivity contribution in [3.05, 3.63) is 34.4 Å². The molecular weight excluding hydrogens is 286 g/mol. The second kappa shape index (κ2) is 7.44. The van der Waals surface area contributed by atoms with Crippen molar-refractivity contribution in [2.24, 2.45) is 10.5 Å². The summed E-state index contributed by atoms with van der Waals surface area (Å²) in [6.45, 7) is 5.28. The lowest BCUT2D eigenvalue weighted by Gasteiger charge is -2.22. The molecule has 0 amide bonds. The van der Waals surface area contributed by atoms with Gasteiger partial charge in [0.05, 0.1) is 10.6 Å².